The lowest BCUT2D eigenvalue weighted by Crippen LogP contribution is -2.18. The van der Waals surface area contributed by atoms with Gasteiger partial charge < -0.3 is 26.0 Å². The Bertz CT molecular complexity index is 1430. The first-order valence-electron chi connectivity index (χ1n) is 13.1. The minimum Gasteiger partial charge on any atom is -0.347 e. The molecule has 5 N–H and O–H groups in total. The maximum Gasteiger partial charge on any atom is 0.124 e. The zero-order chi connectivity index (χ0) is 23.8. The molecule has 4 fully saturated rings. The van der Waals surface area contributed by atoms with E-state index in [1.165, 1.54) is 31.0 Å². The molecule has 0 radical (unpaired) electrons. The Balaban J connectivity index is 0.999. The quantitative estimate of drug-likeness (QED) is 0.254. The second-order valence-corrected chi connectivity index (χ2v) is 11.0. The molecule has 4 aliphatic rings. The van der Waals surface area contributed by atoms with Gasteiger partial charge in [0.25, 0.3) is 0 Å². The number of rotatable bonds is 6. The molecule has 2 saturated carbocycles. The van der Waals surface area contributed by atoms with E-state index in [2.05, 4.69) is 69.1 Å². The molecule has 36 heavy (non-hydrogen) atoms. The van der Waals surface area contributed by atoms with E-state index in [-0.39, 0.29) is 6.04 Å². The molecular weight excluding hydrogens is 446 g/mol. The summed E-state index contributed by atoms with van der Waals surface area (Å²) < 4.78 is 0. The lowest BCUT2D eigenvalue weighted by atomic mass is 10.0. The third-order valence-electron chi connectivity index (χ3n) is 8.58. The van der Waals surface area contributed by atoms with Gasteiger partial charge in [-0.25, -0.2) is 9.97 Å². The monoisotopic (exact) mass is 475 g/mol. The van der Waals surface area contributed by atoms with Crippen molar-refractivity contribution in [2.45, 2.75) is 49.9 Å². The maximum absolute atomic E-state index is 7.87. The Hall–Kier alpha value is -3.55. The van der Waals surface area contributed by atoms with Crippen LogP contribution in [0.2, 0.25) is 0 Å². The summed E-state index contributed by atoms with van der Waals surface area (Å²) in [6.07, 6.45) is 8.37. The van der Waals surface area contributed by atoms with E-state index >= 15 is 0 Å². The zero-order valence-corrected chi connectivity index (χ0v) is 20.0. The van der Waals surface area contributed by atoms with Gasteiger partial charge >= 0.3 is 0 Å². The van der Waals surface area contributed by atoms with Crippen molar-refractivity contribution in [1.82, 2.24) is 30.6 Å². The first-order valence-corrected chi connectivity index (χ1v) is 13.1. The second-order valence-electron chi connectivity index (χ2n) is 11.0. The van der Waals surface area contributed by atoms with Crippen LogP contribution >= 0.6 is 0 Å². The molecule has 4 aromatic rings. The van der Waals surface area contributed by atoms with Crippen molar-refractivity contribution < 1.29 is 0 Å². The van der Waals surface area contributed by atoms with E-state index in [4.69, 9.17) is 15.4 Å². The normalized spacial score (nSPS) is 29.7. The van der Waals surface area contributed by atoms with Gasteiger partial charge in [0.05, 0.1) is 29.2 Å². The van der Waals surface area contributed by atoms with Gasteiger partial charge in [0.2, 0.25) is 0 Å². The SMILES string of the molecule is N=Cc1[nH]c([C@@H]2CC3C[C@H]3N2)nc1-c1ccc(-c2ccc(-c3c[nH]c([C@@H]4C[C@H]5C[C@H]5N4)n3)cc2)cc1. The van der Waals surface area contributed by atoms with Gasteiger partial charge in [0.1, 0.15) is 11.6 Å². The summed E-state index contributed by atoms with van der Waals surface area (Å²) in [5, 5.41) is 15.2. The molecule has 180 valence electrons. The van der Waals surface area contributed by atoms with E-state index in [0.29, 0.717) is 12.1 Å². The van der Waals surface area contributed by atoms with Crippen LogP contribution in [0.15, 0.2) is 54.7 Å². The molecule has 2 saturated heterocycles. The summed E-state index contributed by atoms with van der Waals surface area (Å²) in [5.41, 5.74) is 7.10. The molecule has 0 bridgehead atoms. The first kappa shape index (κ1) is 20.6. The van der Waals surface area contributed by atoms with Crippen LogP contribution in [0.4, 0.5) is 0 Å². The van der Waals surface area contributed by atoms with E-state index in [1.54, 1.807) is 0 Å². The molecule has 6 atom stereocenters. The number of piperidine rings is 2. The van der Waals surface area contributed by atoms with Crippen LogP contribution < -0.4 is 10.6 Å². The number of H-pyrrole nitrogens is 2. The number of hydrogen-bond acceptors (Lipinski definition) is 5. The molecule has 0 amide bonds. The third kappa shape index (κ3) is 3.45. The van der Waals surface area contributed by atoms with Crippen molar-refractivity contribution in [3.8, 4) is 33.6 Å². The molecule has 7 nitrogen and oxygen atoms in total. The predicted octanol–water partition coefficient (Wildman–Crippen LogP) is 4.98. The Morgan fingerprint density at radius 1 is 0.694 bits per heavy atom. The van der Waals surface area contributed by atoms with Crippen molar-refractivity contribution in [3.05, 3.63) is 72.1 Å². The van der Waals surface area contributed by atoms with Gasteiger partial charge in [0.15, 0.2) is 0 Å². The van der Waals surface area contributed by atoms with Crippen LogP contribution in [0, 0.1) is 17.2 Å². The summed E-state index contributed by atoms with van der Waals surface area (Å²) in [6, 6.07) is 19.1. The number of hydrogen-bond donors (Lipinski definition) is 5. The van der Waals surface area contributed by atoms with Crippen molar-refractivity contribution in [1.29, 1.82) is 5.41 Å². The molecule has 2 aromatic heterocycles. The minimum atomic E-state index is 0.282. The van der Waals surface area contributed by atoms with Crippen LogP contribution in [0.1, 0.15) is 55.1 Å². The standard InChI is InChI=1S/C29H29N7/c30-13-25-27(36-29(34-25)24-12-20-10-22(20)33-24)18-7-3-16(4-8-18)15-1-5-17(6-2-15)26-14-31-28(35-26)23-11-19-9-21(19)32-23/h1-8,13-14,19-24,30,32-33H,9-12H2,(H,31,35)(H,34,36)/t19-,20?,21-,22-,23+,24+/m1/s1. The fraction of sp³-hybridized carbons (Fsp3) is 0.345. The topological polar surface area (TPSA) is 105 Å². The number of fused-ring (bicyclic) bond motifs is 2. The van der Waals surface area contributed by atoms with Crippen molar-refractivity contribution in [2.75, 3.05) is 0 Å². The predicted molar refractivity (Wildman–Crippen MR) is 140 cm³/mol. The number of benzene rings is 2. The van der Waals surface area contributed by atoms with Gasteiger partial charge in [-0.3, -0.25) is 0 Å². The summed E-state index contributed by atoms with van der Waals surface area (Å²) in [5.74, 6) is 3.68. The van der Waals surface area contributed by atoms with Gasteiger partial charge in [0, 0.05) is 35.6 Å². The number of nitrogens with zero attached hydrogens (tertiary/aromatic N) is 2. The first-order chi connectivity index (χ1) is 17.7. The largest absolute Gasteiger partial charge is 0.347 e. The Morgan fingerprint density at radius 3 is 1.86 bits per heavy atom. The van der Waals surface area contributed by atoms with Gasteiger partial charge in [-0.15, -0.1) is 0 Å². The lowest BCUT2D eigenvalue weighted by molar-refractivity contribution is 0.543. The summed E-state index contributed by atoms with van der Waals surface area (Å²) in [7, 11) is 0. The molecule has 0 spiro atoms. The second kappa shape index (κ2) is 7.72. The molecule has 8 rings (SSSR count). The highest BCUT2D eigenvalue weighted by atomic mass is 15.1. The summed E-state index contributed by atoms with van der Waals surface area (Å²) >= 11 is 0. The van der Waals surface area contributed by atoms with E-state index < -0.39 is 0 Å². The number of aromatic nitrogens is 4. The van der Waals surface area contributed by atoms with E-state index in [0.717, 1.165) is 69.7 Å². The maximum atomic E-state index is 7.87. The Kier molecular flexibility index (Phi) is 4.42. The molecular formula is C29H29N7. The average Bonchev–Trinajstić information content (AvgIpc) is 3.50. The van der Waals surface area contributed by atoms with Crippen LogP contribution in [0.3, 0.4) is 0 Å². The van der Waals surface area contributed by atoms with Crippen LogP contribution in [0.25, 0.3) is 33.6 Å². The number of aromatic amines is 2. The Morgan fingerprint density at radius 2 is 1.28 bits per heavy atom. The molecule has 1 unspecified atom stereocenters. The van der Waals surface area contributed by atoms with Crippen molar-refractivity contribution in [2.24, 2.45) is 11.8 Å². The fourth-order valence-corrected chi connectivity index (χ4v) is 6.28. The highest BCUT2D eigenvalue weighted by Gasteiger charge is 2.47. The number of nitrogens with one attached hydrogen (secondary N) is 5. The molecule has 2 aliphatic carbocycles. The van der Waals surface area contributed by atoms with Gasteiger partial charge in [-0.2, -0.15) is 0 Å². The molecule has 2 aromatic carbocycles. The molecule has 7 heteroatoms. The van der Waals surface area contributed by atoms with Crippen LogP contribution in [-0.2, 0) is 0 Å². The zero-order valence-electron chi connectivity index (χ0n) is 20.0. The third-order valence-corrected chi connectivity index (χ3v) is 8.58. The van der Waals surface area contributed by atoms with Crippen LogP contribution in [0.5, 0.6) is 0 Å². The smallest absolute Gasteiger partial charge is 0.124 e. The molecule has 4 heterocycles. The van der Waals surface area contributed by atoms with Gasteiger partial charge in [-0.05, 0) is 48.6 Å². The lowest BCUT2D eigenvalue weighted by Gasteiger charge is -2.09. The Labute approximate surface area is 209 Å². The minimum absolute atomic E-state index is 0.282. The van der Waals surface area contributed by atoms with Crippen LogP contribution in [-0.4, -0.2) is 38.2 Å². The van der Waals surface area contributed by atoms with Gasteiger partial charge in [-0.1, -0.05) is 48.5 Å². The fourth-order valence-electron chi connectivity index (χ4n) is 6.28. The van der Waals surface area contributed by atoms with E-state index in [9.17, 15) is 0 Å². The summed E-state index contributed by atoms with van der Waals surface area (Å²) in [4.78, 5) is 16.5. The highest BCUT2D eigenvalue weighted by molar-refractivity contribution is 5.85. The van der Waals surface area contributed by atoms with E-state index in [1.807, 2.05) is 6.20 Å². The van der Waals surface area contributed by atoms with Crippen molar-refractivity contribution in [3.63, 3.8) is 0 Å². The molecule has 2 aliphatic heterocycles. The highest BCUT2D eigenvalue weighted by Crippen LogP contribution is 2.46. The van der Waals surface area contributed by atoms with Crippen molar-refractivity contribution >= 4 is 6.21 Å². The number of imidazole rings is 2. The average molecular weight is 476 g/mol. The summed E-state index contributed by atoms with van der Waals surface area (Å²) in [6.45, 7) is 0.